The van der Waals surface area contributed by atoms with Crippen LogP contribution in [0, 0.1) is 11.8 Å². The molecule has 1 aromatic heterocycles. The first-order valence-corrected chi connectivity index (χ1v) is 15.5. The number of carbonyl (C=O) groups is 5. The van der Waals surface area contributed by atoms with Gasteiger partial charge in [-0.05, 0) is 18.1 Å². The van der Waals surface area contributed by atoms with Crippen molar-refractivity contribution in [2.45, 2.75) is 45.4 Å². The van der Waals surface area contributed by atoms with Gasteiger partial charge >= 0.3 is 5.97 Å². The van der Waals surface area contributed by atoms with E-state index in [-0.39, 0.29) is 36.4 Å². The fourth-order valence-corrected chi connectivity index (χ4v) is 7.25. The van der Waals surface area contributed by atoms with Gasteiger partial charge in [-0.25, -0.2) is 4.79 Å². The van der Waals surface area contributed by atoms with Gasteiger partial charge in [0.1, 0.15) is 6.61 Å². The van der Waals surface area contributed by atoms with Crippen LogP contribution in [0.5, 0.6) is 0 Å². The molecule has 4 amide bonds. The number of unbranched alkanes of at least 4 members (excludes halogenated alkanes) is 5. The highest BCUT2D eigenvalue weighted by Gasteiger charge is 2.52. The fraction of sp³-hybridized carbons (Fsp3) is 0.343. The second-order valence-electron chi connectivity index (χ2n) is 11.9. The lowest BCUT2D eigenvalue weighted by molar-refractivity contribution is -0.143. The Morgan fingerprint density at radius 2 is 1.51 bits per heavy atom. The van der Waals surface area contributed by atoms with Crippen LogP contribution in [0.1, 0.15) is 77.4 Å². The number of fused-ring (bicyclic) bond motifs is 2. The number of aromatic nitrogens is 1. The number of pyridine rings is 1. The molecule has 1 aromatic carbocycles. The first kappa shape index (κ1) is 28.8. The molecular formula is C35H32N4O6. The molecule has 228 valence electrons. The van der Waals surface area contributed by atoms with Crippen molar-refractivity contribution in [3.63, 3.8) is 0 Å². The van der Waals surface area contributed by atoms with Crippen LogP contribution in [0.4, 0.5) is 0 Å². The molecule has 1 saturated heterocycles. The summed E-state index contributed by atoms with van der Waals surface area (Å²) in [5.41, 5.74) is 4.49. The molecule has 10 heteroatoms. The van der Waals surface area contributed by atoms with Gasteiger partial charge in [-0.1, -0.05) is 63.8 Å². The van der Waals surface area contributed by atoms with E-state index in [1.807, 2.05) is 6.08 Å². The number of allylic oxidation sites excluding steroid dienone is 3. The molecule has 2 unspecified atom stereocenters. The number of hydrogen-bond donors (Lipinski definition) is 0. The van der Waals surface area contributed by atoms with Gasteiger partial charge in [-0.3, -0.25) is 39.0 Å². The summed E-state index contributed by atoms with van der Waals surface area (Å²) >= 11 is 0. The zero-order chi connectivity index (χ0) is 31.4. The summed E-state index contributed by atoms with van der Waals surface area (Å²) in [4.78, 5) is 77.9. The van der Waals surface area contributed by atoms with Crippen LogP contribution in [0.3, 0.4) is 0 Å². The van der Waals surface area contributed by atoms with Gasteiger partial charge in [-0.15, -0.1) is 0 Å². The first-order valence-electron chi connectivity index (χ1n) is 15.5. The number of piperidine rings is 1. The van der Waals surface area contributed by atoms with Crippen molar-refractivity contribution in [1.82, 2.24) is 14.8 Å². The molecule has 2 aliphatic carbocycles. The van der Waals surface area contributed by atoms with Crippen molar-refractivity contribution in [3.8, 4) is 0 Å². The average Bonchev–Trinajstić information content (AvgIpc) is 3.06. The number of amides is 4. The average molecular weight is 605 g/mol. The standard InChI is InChI=1S/C35H32N4O6/c1-3-5-6-7-8-9-14-38-32(41)21-12-10-19-28-26(21)23(34(38)43)17-36-30(28)20-11-13-22-27-24(18-37-31(19)29(20)27)35(44)39(33(22)42)15-16-45-25(40)4-2/h4,10-13,17-18,26,28H,2-3,5-9,14-16H2,1H3. The Bertz CT molecular complexity index is 1760. The minimum Gasteiger partial charge on any atom is -0.461 e. The number of aliphatic imine (C=N–C) groups is 1. The number of carbonyl (C=O) groups excluding carboxylic acids is 5. The van der Waals surface area contributed by atoms with Crippen LogP contribution in [0.25, 0.3) is 16.3 Å². The molecule has 0 bridgehead atoms. The molecule has 1 fully saturated rings. The topological polar surface area (TPSA) is 126 Å². The van der Waals surface area contributed by atoms with Crippen LogP contribution in [-0.4, -0.2) is 69.8 Å². The van der Waals surface area contributed by atoms with E-state index >= 15 is 0 Å². The molecule has 0 saturated carbocycles. The summed E-state index contributed by atoms with van der Waals surface area (Å²) in [5.74, 6) is -3.08. The predicted octanol–water partition coefficient (Wildman–Crippen LogP) is 4.55. The van der Waals surface area contributed by atoms with Crippen molar-refractivity contribution in [2.75, 3.05) is 19.7 Å². The molecular weight excluding hydrogens is 572 g/mol. The normalized spacial score (nSPS) is 20.8. The van der Waals surface area contributed by atoms with E-state index < -0.39 is 23.7 Å². The zero-order valence-corrected chi connectivity index (χ0v) is 25.0. The van der Waals surface area contributed by atoms with Crippen molar-refractivity contribution in [2.24, 2.45) is 16.8 Å². The van der Waals surface area contributed by atoms with Crippen LogP contribution >= 0.6 is 0 Å². The maximum absolute atomic E-state index is 13.7. The van der Waals surface area contributed by atoms with Crippen LogP contribution in [0.2, 0.25) is 0 Å². The largest absolute Gasteiger partial charge is 0.461 e. The fourth-order valence-electron chi connectivity index (χ4n) is 7.25. The Labute approximate surface area is 259 Å². The molecule has 0 N–H and O–H groups in total. The van der Waals surface area contributed by atoms with E-state index in [1.165, 1.54) is 17.5 Å². The predicted molar refractivity (Wildman–Crippen MR) is 166 cm³/mol. The van der Waals surface area contributed by atoms with E-state index in [2.05, 4.69) is 13.5 Å². The first-order chi connectivity index (χ1) is 21.9. The zero-order valence-electron chi connectivity index (χ0n) is 25.0. The van der Waals surface area contributed by atoms with Gasteiger partial charge in [0, 0.05) is 69.9 Å². The SMILES string of the molecule is C=CC(=O)OCCN1C(=O)c2ccc3c4c(ncc(c24)C1=O)C1=CC=C2C(=O)N(CCCCCCCC)C(=O)C4=CN=C3C1C24. The number of benzene rings is 1. The Morgan fingerprint density at radius 1 is 0.822 bits per heavy atom. The summed E-state index contributed by atoms with van der Waals surface area (Å²) in [5, 5.41) is 1.15. The number of rotatable bonds is 11. The van der Waals surface area contributed by atoms with Crippen molar-refractivity contribution in [3.05, 3.63) is 82.9 Å². The molecule has 45 heavy (non-hydrogen) atoms. The molecule has 0 spiro atoms. The van der Waals surface area contributed by atoms with E-state index in [1.54, 1.807) is 24.4 Å². The van der Waals surface area contributed by atoms with E-state index in [4.69, 9.17) is 14.7 Å². The monoisotopic (exact) mass is 604 g/mol. The number of likely N-dealkylation sites (tertiary alicyclic amines) is 1. The Kier molecular flexibility index (Phi) is 7.14. The van der Waals surface area contributed by atoms with E-state index in [9.17, 15) is 24.0 Å². The van der Waals surface area contributed by atoms with Gasteiger partial charge in [0.25, 0.3) is 23.6 Å². The highest BCUT2D eigenvalue weighted by atomic mass is 16.5. The van der Waals surface area contributed by atoms with Crippen LogP contribution < -0.4 is 0 Å². The molecule has 2 atom stereocenters. The Balaban J connectivity index is 1.25. The number of ether oxygens (including phenoxy) is 1. The molecule has 10 nitrogen and oxygen atoms in total. The van der Waals surface area contributed by atoms with Crippen molar-refractivity contribution in [1.29, 1.82) is 0 Å². The van der Waals surface area contributed by atoms with E-state index in [0.29, 0.717) is 45.4 Å². The van der Waals surface area contributed by atoms with Crippen molar-refractivity contribution >= 4 is 51.7 Å². The lowest BCUT2D eigenvalue weighted by Crippen LogP contribution is -2.51. The van der Waals surface area contributed by atoms with Crippen molar-refractivity contribution < 1.29 is 28.7 Å². The van der Waals surface area contributed by atoms with Gasteiger partial charge < -0.3 is 4.74 Å². The van der Waals surface area contributed by atoms with Gasteiger partial charge in [0.05, 0.1) is 23.5 Å². The molecule has 0 radical (unpaired) electrons. The van der Waals surface area contributed by atoms with Crippen LogP contribution in [-0.2, 0) is 19.1 Å². The number of nitrogens with zero attached hydrogens (tertiary/aromatic N) is 4. The third kappa shape index (κ3) is 4.34. The van der Waals surface area contributed by atoms with E-state index in [0.717, 1.165) is 54.2 Å². The van der Waals surface area contributed by atoms with Crippen LogP contribution in [0.15, 0.2) is 65.5 Å². The second-order valence-corrected chi connectivity index (χ2v) is 11.9. The highest BCUT2D eigenvalue weighted by Crippen LogP contribution is 2.52. The molecule has 7 rings (SSSR count). The summed E-state index contributed by atoms with van der Waals surface area (Å²) in [7, 11) is 0. The summed E-state index contributed by atoms with van der Waals surface area (Å²) in [6, 6.07) is 3.48. The smallest absolute Gasteiger partial charge is 0.330 e. The third-order valence-electron chi connectivity index (χ3n) is 9.40. The highest BCUT2D eigenvalue weighted by molar-refractivity contribution is 6.32. The lowest BCUT2D eigenvalue weighted by atomic mass is 9.63. The maximum Gasteiger partial charge on any atom is 0.330 e. The number of esters is 1. The summed E-state index contributed by atoms with van der Waals surface area (Å²) < 4.78 is 5.01. The summed E-state index contributed by atoms with van der Waals surface area (Å²) in [6.45, 7) is 5.64. The van der Waals surface area contributed by atoms with Gasteiger partial charge in [0.15, 0.2) is 0 Å². The lowest BCUT2D eigenvalue weighted by Gasteiger charge is -2.44. The van der Waals surface area contributed by atoms with Gasteiger partial charge in [0.2, 0.25) is 0 Å². The maximum atomic E-state index is 13.7. The minimum absolute atomic E-state index is 0.109. The minimum atomic E-state index is -0.641. The second kappa shape index (κ2) is 11.2. The molecule has 3 aliphatic heterocycles. The van der Waals surface area contributed by atoms with Gasteiger partial charge in [-0.2, -0.15) is 0 Å². The number of imide groups is 2. The molecule has 2 aromatic rings. The number of hydrogen-bond acceptors (Lipinski definition) is 8. The Hall–Kier alpha value is -4.99. The Morgan fingerprint density at radius 3 is 2.31 bits per heavy atom. The molecule has 5 aliphatic rings. The molecule has 4 heterocycles. The quantitative estimate of drug-likeness (QED) is 0.159. The summed E-state index contributed by atoms with van der Waals surface area (Å²) in [6.07, 6.45) is 14.1. The third-order valence-corrected chi connectivity index (χ3v) is 9.40.